The van der Waals surface area contributed by atoms with Gasteiger partial charge in [0.15, 0.2) is 4.21 Å². The molecule has 1 amide bonds. The Morgan fingerprint density at radius 1 is 1.10 bits per heavy atom. The largest absolute Gasteiger partial charge is 0.465 e. The van der Waals surface area contributed by atoms with Gasteiger partial charge in [0.2, 0.25) is 0 Å². The number of esters is 2. The first-order valence-electron chi connectivity index (χ1n) is 8.91. The Bertz CT molecular complexity index is 1120. The lowest BCUT2D eigenvalue weighted by Crippen LogP contribution is -2.25. The molecule has 2 N–H and O–H groups in total. The van der Waals surface area contributed by atoms with E-state index in [0.717, 1.165) is 27.1 Å². The second kappa shape index (κ2) is 8.44. The third kappa shape index (κ3) is 4.46. The molecular formula is C19H20N2O7S2. The molecule has 0 unspecified atom stereocenters. The first kappa shape index (κ1) is 21.8. The van der Waals surface area contributed by atoms with Crippen LogP contribution < -0.4 is 10.0 Å². The normalized spacial score (nSPS) is 13.4. The van der Waals surface area contributed by atoms with Crippen LogP contribution in [0.3, 0.4) is 0 Å². The summed E-state index contributed by atoms with van der Waals surface area (Å²) in [6.07, 6.45) is 1.85. The van der Waals surface area contributed by atoms with Crippen LogP contribution in [0.25, 0.3) is 0 Å². The molecule has 0 bridgehead atoms. The van der Waals surface area contributed by atoms with Gasteiger partial charge in [-0.15, -0.1) is 11.3 Å². The van der Waals surface area contributed by atoms with E-state index < -0.39 is 22.0 Å². The predicted octanol–water partition coefficient (Wildman–Crippen LogP) is 2.32. The molecule has 0 saturated heterocycles. The fourth-order valence-electron chi connectivity index (χ4n) is 2.72. The van der Waals surface area contributed by atoms with E-state index in [1.807, 2.05) is 0 Å². The summed E-state index contributed by atoms with van der Waals surface area (Å²) in [6.45, 7) is 1.44. The molecule has 9 nitrogen and oxygen atoms in total. The molecule has 30 heavy (non-hydrogen) atoms. The lowest BCUT2D eigenvalue weighted by molar-refractivity contribution is 0.0596. The number of anilines is 1. The maximum Gasteiger partial charge on any atom is 0.348 e. The van der Waals surface area contributed by atoms with E-state index in [2.05, 4.69) is 14.8 Å². The molecule has 1 aromatic carbocycles. The predicted molar refractivity (Wildman–Crippen MR) is 109 cm³/mol. The van der Waals surface area contributed by atoms with Gasteiger partial charge in [0.05, 0.1) is 19.8 Å². The highest BCUT2D eigenvalue weighted by atomic mass is 32.2. The Labute approximate surface area is 177 Å². The van der Waals surface area contributed by atoms with E-state index in [0.29, 0.717) is 16.9 Å². The summed E-state index contributed by atoms with van der Waals surface area (Å²) in [6, 6.07) is 6.14. The minimum atomic E-state index is -4.27. The molecule has 1 fully saturated rings. The third-order valence-electron chi connectivity index (χ3n) is 4.41. The number of benzene rings is 1. The number of sulfonamides is 1. The van der Waals surface area contributed by atoms with E-state index in [-0.39, 0.29) is 37.8 Å². The SMILES string of the molecule is COC(=O)c1sc(S(=O)(=O)Nc2cccc(C(=O)NC3CC3)c2)c(C(=O)OC)c1C. The van der Waals surface area contributed by atoms with Crippen LogP contribution in [0, 0.1) is 6.92 Å². The van der Waals surface area contributed by atoms with Crippen molar-refractivity contribution in [3.05, 3.63) is 45.8 Å². The second-order valence-corrected chi connectivity index (χ2v) is 9.53. The van der Waals surface area contributed by atoms with Crippen molar-refractivity contribution in [2.24, 2.45) is 0 Å². The summed E-state index contributed by atoms with van der Waals surface area (Å²) < 4.78 is 37.4. The molecule has 3 rings (SSSR count). The van der Waals surface area contributed by atoms with E-state index in [1.54, 1.807) is 12.1 Å². The highest BCUT2D eigenvalue weighted by Crippen LogP contribution is 2.34. The zero-order valence-electron chi connectivity index (χ0n) is 16.5. The Morgan fingerprint density at radius 2 is 1.77 bits per heavy atom. The molecule has 0 spiro atoms. The third-order valence-corrected chi connectivity index (χ3v) is 7.58. The zero-order valence-corrected chi connectivity index (χ0v) is 18.1. The Morgan fingerprint density at radius 3 is 2.37 bits per heavy atom. The fourth-order valence-corrected chi connectivity index (χ4v) is 5.52. The Balaban J connectivity index is 1.96. The van der Waals surface area contributed by atoms with Crippen LogP contribution in [0.15, 0.2) is 28.5 Å². The Hall–Kier alpha value is -2.92. The van der Waals surface area contributed by atoms with Crippen LogP contribution in [0.5, 0.6) is 0 Å². The summed E-state index contributed by atoms with van der Waals surface area (Å²) in [5.74, 6) is -1.95. The van der Waals surface area contributed by atoms with Crippen molar-refractivity contribution in [2.45, 2.75) is 30.0 Å². The minimum Gasteiger partial charge on any atom is -0.465 e. The summed E-state index contributed by atoms with van der Waals surface area (Å²) >= 11 is 0.611. The molecule has 1 heterocycles. The molecular weight excluding hydrogens is 432 g/mol. The lowest BCUT2D eigenvalue weighted by atomic mass is 10.2. The van der Waals surface area contributed by atoms with Gasteiger partial charge in [-0.3, -0.25) is 9.52 Å². The summed E-state index contributed by atoms with van der Waals surface area (Å²) in [5.41, 5.74) is 0.350. The molecule has 1 saturated carbocycles. The maximum atomic E-state index is 13.0. The summed E-state index contributed by atoms with van der Waals surface area (Å²) in [5, 5.41) is 2.83. The number of hydrogen-bond donors (Lipinski definition) is 2. The number of nitrogens with one attached hydrogen (secondary N) is 2. The average Bonchev–Trinajstić information content (AvgIpc) is 3.46. The monoisotopic (exact) mass is 452 g/mol. The zero-order chi connectivity index (χ0) is 22.1. The first-order chi connectivity index (χ1) is 14.2. The van der Waals surface area contributed by atoms with Crippen LogP contribution in [0.4, 0.5) is 5.69 Å². The quantitative estimate of drug-likeness (QED) is 0.617. The number of thiophene rings is 1. The molecule has 11 heteroatoms. The number of hydrogen-bond acceptors (Lipinski definition) is 8. The van der Waals surface area contributed by atoms with E-state index in [4.69, 9.17) is 4.74 Å². The standard InChI is InChI=1S/C19H20N2O7S2/c1-10-14(17(23)27-2)19(29-15(10)18(24)28-3)30(25,26)21-13-6-4-5-11(9-13)16(22)20-12-7-8-12/h4-6,9,12,21H,7-8H2,1-3H3,(H,20,22). The minimum absolute atomic E-state index is 0.0177. The summed E-state index contributed by atoms with van der Waals surface area (Å²) in [7, 11) is -2.00. The lowest BCUT2D eigenvalue weighted by Gasteiger charge is -2.10. The van der Waals surface area contributed by atoms with Crippen LogP contribution in [-0.4, -0.2) is 46.5 Å². The topological polar surface area (TPSA) is 128 Å². The second-order valence-electron chi connectivity index (χ2n) is 6.64. The summed E-state index contributed by atoms with van der Waals surface area (Å²) in [4.78, 5) is 36.4. The number of carbonyl (C=O) groups is 3. The van der Waals surface area contributed by atoms with E-state index >= 15 is 0 Å². The van der Waals surface area contributed by atoms with Crippen LogP contribution in [0.2, 0.25) is 0 Å². The van der Waals surface area contributed by atoms with Gasteiger partial charge in [-0.25, -0.2) is 18.0 Å². The van der Waals surface area contributed by atoms with Gasteiger partial charge in [-0.1, -0.05) is 6.07 Å². The van der Waals surface area contributed by atoms with Gasteiger partial charge in [-0.05, 0) is 43.5 Å². The average molecular weight is 453 g/mol. The number of amides is 1. The van der Waals surface area contributed by atoms with Crippen LogP contribution in [-0.2, 0) is 19.5 Å². The molecule has 1 aliphatic carbocycles. The van der Waals surface area contributed by atoms with Crippen LogP contribution in [0.1, 0.15) is 48.8 Å². The van der Waals surface area contributed by atoms with Crippen molar-refractivity contribution >= 4 is 44.9 Å². The van der Waals surface area contributed by atoms with Gasteiger partial charge < -0.3 is 14.8 Å². The molecule has 160 valence electrons. The number of rotatable bonds is 7. The Kier molecular flexibility index (Phi) is 6.13. The van der Waals surface area contributed by atoms with E-state index in [9.17, 15) is 22.8 Å². The first-order valence-corrected chi connectivity index (χ1v) is 11.2. The van der Waals surface area contributed by atoms with Gasteiger partial charge in [-0.2, -0.15) is 0 Å². The number of methoxy groups -OCH3 is 2. The van der Waals surface area contributed by atoms with Crippen molar-refractivity contribution in [3.8, 4) is 0 Å². The van der Waals surface area contributed by atoms with Gasteiger partial charge in [0.1, 0.15) is 4.88 Å². The van der Waals surface area contributed by atoms with Gasteiger partial charge >= 0.3 is 11.9 Å². The van der Waals surface area contributed by atoms with Crippen molar-refractivity contribution in [1.29, 1.82) is 0 Å². The molecule has 0 atom stereocenters. The van der Waals surface area contributed by atoms with Crippen LogP contribution >= 0.6 is 11.3 Å². The smallest absolute Gasteiger partial charge is 0.348 e. The highest BCUT2D eigenvalue weighted by molar-refractivity contribution is 7.94. The number of carbonyl (C=O) groups excluding carboxylic acids is 3. The van der Waals surface area contributed by atoms with Crippen molar-refractivity contribution in [2.75, 3.05) is 18.9 Å². The van der Waals surface area contributed by atoms with Gasteiger partial charge in [0, 0.05) is 17.3 Å². The van der Waals surface area contributed by atoms with Crippen molar-refractivity contribution in [3.63, 3.8) is 0 Å². The molecule has 2 aromatic rings. The molecule has 0 aliphatic heterocycles. The van der Waals surface area contributed by atoms with Gasteiger partial charge in [0.25, 0.3) is 15.9 Å². The molecule has 0 radical (unpaired) electrons. The van der Waals surface area contributed by atoms with Crippen molar-refractivity contribution < 1.29 is 32.3 Å². The number of ether oxygens (including phenoxy) is 2. The van der Waals surface area contributed by atoms with Crippen molar-refractivity contribution in [1.82, 2.24) is 5.32 Å². The maximum absolute atomic E-state index is 13.0. The highest BCUT2D eigenvalue weighted by Gasteiger charge is 2.33. The van der Waals surface area contributed by atoms with E-state index in [1.165, 1.54) is 19.1 Å². The molecule has 1 aliphatic rings. The molecule has 1 aromatic heterocycles. The fraction of sp³-hybridized carbons (Fsp3) is 0.316.